The smallest absolute Gasteiger partial charge is 0.269 e. The van der Waals surface area contributed by atoms with Gasteiger partial charge in [-0.15, -0.1) is 0 Å². The lowest BCUT2D eigenvalue weighted by atomic mass is 10.2. The molecule has 2 aromatic carbocycles. The number of methoxy groups -OCH3 is 3. The Morgan fingerprint density at radius 2 is 1.67 bits per heavy atom. The van der Waals surface area contributed by atoms with Crippen LogP contribution < -0.4 is 19.6 Å². The van der Waals surface area contributed by atoms with Gasteiger partial charge in [-0.05, 0) is 24.3 Å². The standard InChI is InChI=1S/C16H17N3O5/c1-22-14-9-4-11(15(23-2)16(14)24-3)10-17-18-12-5-7-13(8-6-12)19(20)21/h4-10,18H,1-3H3/b17-10+. The Hall–Kier alpha value is -3.29. The minimum Gasteiger partial charge on any atom is -0.493 e. The van der Waals surface area contributed by atoms with Gasteiger partial charge in [0.05, 0.1) is 38.2 Å². The van der Waals surface area contributed by atoms with E-state index in [9.17, 15) is 10.1 Å². The summed E-state index contributed by atoms with van der Waals surface area (Å²) in [6, 6.07) is 9.46. The van der Waals surface area contributed by atoms with Crippen LogP contribution in [0.3, 0.4) is 0 Å². The summed E-state index contributed by atoms with van der Waals surface area (Å²) in [6.07, 6.45) is 1.56. The highest BCUT2D eigenvalue weighted by Gasteiger charge is 2.14. The molecule has 0 atom stereocenters. The number of hydrazone groups is 1. The fourth-order valence-corrected chi connectivity index (χ4v) is 2.06. The van der Waals surface area contributed by atoms with E-state index in [0.717, 1.165) is 0 Å². The Kier molecular flexibility index (Phi) is 5.56. The van der Waals surface area contributed by atoms with Crippen molar-refractivity contribution in [2.75, 3.05) is 26.8 Å². The molecule has 2 rings (SSSR count). The molecule has 0 fully saturated rings. The first kappa shape index (κ1) is 17.1. The van der Waals surface area contributed by atoms with Gasteiger partial charge in [0.2, 0.25) is 5.75 Å². The van der Waals surface area contributed by atoms with E-state index in [2.05, 4.69) is 10.5 Å². The topological polar surface area (TPSA) is 95.2 Å². The first-order valence-electron chi connectivity index (χ1n) is 6.93. The van der Waals surface area contributed by atoms with E-state index in [0.29, 0.717) is 28.5 Å². The lowest BCUT2D eigenvalue weighted by Crippen LogP contribution is -1.99. The third-order valence-corrected chi connectivity index (χ3v) is 3.21. The number of rotatable bonds is 7. The maximum absolute atomic E-state index is 10.6. The number of nitro benzene ring substituents is 1. The van der Waals surface area contributed by atoms with Crippen LogP contribution in [0.25, 0.3) is 0 Å². The second kappa shape index (κ2) is 7.82. The van der Waals surface area contributed by atoms with Crippen LogP contribution in [0.4, 0.5) is 11.4 Å². The molecule has 0 heterocycles. The molecule has 2 aromatic rings. The largest absolute Gasteiger partial charge is 0.493 e. The molecule has 0 amide bonds. The lowest BCUT2D eigenvalue weighted by molar-refractivity contribution is -0.384. The van der Waals surface area contributed by atoms with Crippen molar-refractivity contribution in [1.82, 2.24) is 0 Å². The van der Waals surface area contributed by atoms with Crippen LogP contribution in [0.5, 0.6) is 17.2 Å². The van der Waals surface area contributed by atoms with Gasteiger partial charge in [-0.25, -0.2) is 0 Å². The summed E-state index contributed by atoms with van der Waals surface area (Å²) >= 11 is 0. The first-order chi connectivity index (χ1) is 11.6. The second-order valence-electron chi connectivity index (χ2n) is 4.60. The lowest BCUT2D eigenvalue weighted by Gasteiger charge is -2.13. The highest BCUT2D eigenvalue weighted by Crippen LogP contribution is 2.38. The zero-order valence-corrected chi connectivity index (χ0v) is 13.5. The van der Waals surface area contributed by atoms with Crippen molar-refractivity contribution in [3.05, 3.63) is 52.1 Å². The number of non-ortho nitro benzene ring substituents is 1. The van der Waals surface area contributed by atoms with Gasteiger partial charge in [0.25, 0.3) is 5.69 Å². The summed E-state index contributed by atoms with van der Waals surface area (Å²) in [5.74, 6) is 1.51. The molecular weight excluding hydrogens is 314 g/mol. The van der Waals surface area contributed by atoms with Gasteiger partial charge in [-0.3, -0.25) is 15.5 Å². The van der Waals surface area contributed by atoms with Crippen LogP contribution in [0.15, 0.2) is 41.5 Å². The quantitative estimate of drug-likeness (QED) is 0.476. The van der Waals surface area contributed by atoms with Gasteiger partial charge in [0.15, 0.2) is 11.5 Å². The number of hydrogen-bond donors (Lipinski definition) is 1. The van der Waals surface area contributed by atoms with E-state index >= 15 is 0 Å². The molecule has 0 spiro atoms. The number of ether oxygens (including phenoxy) is 3. The Labute approximate surface area is 138 Å². The first-order valence-corrected chi connectivity index (χ1v) is 6.93. The van der Waals surface area contributed by atoms with E-state index < -0.39 is 4.92 Å². The Bertz CT molecular complexity index is 744. The van der Waals surface area contributed by atoms with Crippen molar-refractivity contribution in [2.45, 2.75) is 0 Å². The highest BCUT2D eigenvalue weighted by atomic mass is 16.6. The number of benzene rings is 2. The van der Waals surface area contributed by atoms with Gasteiger partial charge in [-0.2, -0.15) is 5.10 Å². The molecule has 0 aliphatic carbocycles. The zero-order valence-electron chi connectivity index (χ0n) is 13.5. The van der Waals surface area contributed by atoms with Crippen molar-refractivity contribution in [3.63, 3.8) is 0 Å². The molecule has 8 heteroatoms. The van der Waals surface area contributed by atoms with Crippen molar-refractivity contribution < 1.29 is 19.1 Å². The molecular formula is C16H17N3O5. The number of nitro groups is 1. The fourth-order valence-electron chi connectivity index (χ4n) is 2.06. The maximum Gasteiger partial charge on any atom is 0.269 e. The highest BCUT2D eigenvalue weighted by molar-refractivity contribution is 5.86. The van der Waals surface area contributed by atoms with Gasteiger partial charge in [-0.1, -0.05) is 0 Å². The number of anilines is 1. The second-order valence-corrected chi connectivity index (χ2v) is 4.60. The number of nitrogens with zero attached hydrogens (tertiary/aromatic N) is 2. The van der Waals surface area contributed by atoms with Gasteiger partial charge >= 0.3 is 0 Å². The van der Waals surface area contributed by atoms with Gasteiger partial charge in [0.1, 0.15) is 0 Å². The molecule has 0 aliphatic heterocycles. The van der Waals surface area contributed by atoms with E-state index in [-0.39, 0.29) is 5.69 Å². The molecule has 0 saturated heterocycles. The molecule has 0 bridgehead atoms. The maximum atomic E-state index is 10.6. The molecule has 0 unspecified atom stereocenters. The van der Waals surface area contributed by atoms with Crippen LogP contribution in [0.1, 0.15) is 5.56 Å². The molecule has 0 saturated carbocycles. The van der Waals surface area contributed by atoms with E-state index in [1.165, 1.54) is 26.4 Å². The Morgan fingerprint density at radius 3 is 2.21 bits per heavy atom. The van der Waals surface area contributed by atoms with Crippen LogP contribution >= 0.6 is 0 Å². The summed E-state index contributed by atoms with van der Waals surface area (Å²) in [5, 5.41) is 14.7. The number of hydrogen-bond acceptors (Lipinski definition) is 7. The fraction of sp³-hybridized carbons (Fsp3) is 0.188. The molecule has 0 aliphatic rings. The Balaban J connectivity index is 2.18. The average molecular weight is 331 g/mol. The van der Waals surface area contributed by atoms with E-state index in [4.69, 9.17) is 14.2 Å². The van der Waals surface area contributed by atoms with Crippen molar-refractivity contribution >= 4 is 17.6 Å². The predicted octanol–water partition coefficient (Wildman–Crippen LogP) is 3.07. The van der Waals surface area contributed by atoms with Crippen LogP contribution in [-0.2, 0) is 0 Å². The molecule has 24 heavy (non-hydrogen) atoms. The summed E-state index contributed by atoms with van der Waals surface area (Å²) in [7, 11) is 4.59. The monoisotopic (exact) mass is 331 g/mol. The summed E-state index contributed by atoms with van der Waals surface area (Å²) < 4.78 is 15.9. The van der Waals surface area contributed by atoms with Crippen LogP contribution in [0, 0.1) is 10.1 Å². The summed E-state index contributed by atoms with van der Waals surface area (Å²) in [5.41, 5.74) is 4.12. The van der Waals surface area contributed by atoms with E-state index in [1.807, 2.05) is 0 Å². The minimum atomic E-state index is -0.457. The van der Waals surface area contributed by atoms with Crippen LogP contribution in [-0.4, -0.2) is 32.5 Å². The minimum absolute atomic E-state index is 0.0195. The van der Waals surface area contributed by atoms with Crippen molar-refractivity contribution in [1.29, 1.82) is 0 Å². The third-order valence-electron chi connectivity index (χ3n) is 3.21. The SMILES string of the molecule is COc1ccc(/C=N/Nc2ccc([N+](=O)[O-])cc2)c(OC)c1OC. The molecule has 126 valence electrons. The summed E-state index contributed by atoms with van der Waals surface area (Å²) in [6.45, 7) is 0. The van der Waals surface area contributed by atoms with E-state index in [1.54, 1.807) is 37.6 Å². The van der Waals surface area contributed by atoms with Gasteiger partial charge < -0.3 is 14.2 Å². The molecule has 0 aromatic heterocycles. The Morgan fingerprint density at radius 1 is 1.00 bits per heavy atom. The molecule has 0 radical (unpaired) electrons. The van der Waals surface area contributed by atoms with Crippen molar-refractivity contribution in [3.8, 4) is 17.2 Å². The third kappa shape index (κ3) is 3.72. The predicted molar refractivity (Wildman–Crippen MR) is 90.4 cm³/mol. The number of nitrogens with one attached hydrogen (secondary N) is 1. The zero-order chi connectivity index (χ0) is 17.5. The molecule has 8 nitrogen and oxygen atoms in total. The summed E-state index contributed by atoms with van der Waals surface area (Å²) in [4.78, 5) is 10.2. The normalized spacial score (nSPS) is 10.5. The average Bonchev–Trinajstić information content (AvgIpc) is 2.61. The van der Waals surface area contributed by atoms with Gasteiger partial charge in [0, 0.05) is 17.7 Å². The van der Waals surface area contributed by atoms with Crippen molar-refractivity contribution in [2.24, 2.45) is 5.10 Å². The van der Waals surface area contributed by atoms with Crippen LogP contribution in [0.2, 0.25) is 0 Å². The molecule has 1 N–H and O–H groups in total.